The quantitative estimate of drug-likeness (QED) is 0.433. The summed E-state index contributed by atoms with van der Waals surface area (Å²) in [6, 6.07) is 0. The standard InChI is InChI=1S/C8H13NO3/c1-7(8(10)11-2)9-3-5-12-6-4-9/h1,3-6H2,2H3. The molecule has 4 heteroatoms. The molecule has 1 heterocycles. The van der Waals surface area contributed by atoms with E-state index in [0.717, 1.165) is 0 Å². The van der Waals surface area contributed by atoms with Gasteiger partial charge in [-0.25, -0.2) is 4.79 Å². The molecule has 1 aliphatic heterocycles. The van der Waals surface area contributed by atoms with Gasteiger partial charge in [-0.05, 0) is 0 Å². The van der Waals surface area contributed by atoms with Crippen molar-refractivity contribution in [3.63, 3.8) is 0 Å². The van der Waals surface area contributed by atoms with Crippen LogP contribution in [0, 0.1) is 0 Å². The summed E-state index contributed by atoms with van der Waals surface area (Å²) < 4.78 is 9.67. The van der Waals surface area contributed by atoms with Crippen LogP contribution in [-0.4, -0.2) is 44.3 Å². The van der Waals surface area contributed by atoms with Crippen LogP contribution in [0.5, 0.6) is 0 Å². The van der Waals surface area contributed by atoms with E-state index in [2.05, 4.69) is 11.3 Å². The first-order chi connectivity index (χ1) is 5.75. The fourth-order valence-corrected chi connectivity index (χ4v) is 1.08. The molecule has 4 nitrogen and oxygen atoms in total. The number of carbonyl (C=O) groups excluding carboxylic acids is 1. The minimum absolute atomic E-state index is 0.364. The molecule has 1 rings (SSSR count). The van der Waals surface area contributed by atoms with Crippen LogP contribution in [0.15, 0.2) is 12.3 Å². The van der Waals surface area contributed by atoms with Gasteiger partial charge in [0.2, 0.25) is 0 Å². The van der Waals surface area contributed by atoms with Crippen molar-refractivity contribution in [1.29, 1.82) is 0 Å². The molecule has 0 N–H and O–H groups in total. The number of ether oxygens (including phenoxy) is 2. The maximum absolute atomic E-state index is 11.0. The number of morpholine rings is 1. The van der Waals surface area contributed by atoms with Crippen molar-refractivity contribution >= 4 is 5.97 Å². The lowest BCUT2D eigenvalue weighted by Gasteiger charge is -2.28. The van der Waals surface area contributed by atoms with Crippen LogP contribution in [0.25, 0.3) is 0 Å². The SMILES string of the molecule is C=C(C(=O)OC)N1CCOCC1. The summed E-state index contributed by atoms with van der Waals surface area (Å²) in [6.45, 7) is 6.38. The number of methoxy groups -OCH3 is 1. The summed E-state index contributed by atoms with van der Waals surface area (Å²) in [7, 11) is 1.36. The summed E-state index contributed by atoms with van der Waals surface area (Å²) in [4.78, 5) is 12.9. The maximum Gasteiger partial charge on any atom is 0.353 e. The summed E-state index contributed by atoms with van der Waals surface area (Å²) >= 11 is 0. The largest absolute Gasteiger partial charge is 0.464 e. The first kappa shape index (κ1) is 9.06. The fourth-order valence-electron chi connectivity index (χ4n) is 1.08. The Hall–Kier alpha value is -1.03. The highest BCUT2D eigenvalue weighted by atomic mass is 16.5. The highest BCUT2D eigenvalue weighted by Crippen LogP contribution is 2.06. The van der Waals surface area contributed by atoms with Gasteiger partial charge in [0, 0.05) is 13.1 Å². The second-order valence-electron chi connectivity index (χ2n) is 2.54. The third-order valence-corrected chi connectivity index (χ3v) is 1.81. The van der Waals surface area contributed by atoms with Crippen LogP contribution >= 0.6 is 0 Å². The molecule has 0 aliphatic carbocycles. The molecule has 0 amide bonds. The zero-order valence-electron chi connectivity index (χ0n) is 7.21. The van der Waals surface area contributed by atoms with Crippen LogP contribution in [0.3, 0.4) is 0 Å². The molecule has 0 bridgehead atoms. The lowest BCUT2D eigenvalue weighted by Crippen LogP contribution is -2.37. The average molecular weight is 171 g/mol. The van der Waals surface area contributed by atoms with Gasteiger partial charge in [-0.1, -0.05) is 6.58 Å². The van der Waals surface area contributed by atoms with Gasteiger partial charge in [0.25, 0.3) is 0 Å². The molecule has 68 valence electrons. The highest BCUT2D eigenvalue weighted by molar-refractivity contribution is 5.86. The summed E-state index contributed by atoms with van der Waals surface area (Å²) in [6.07, 6.45) is 0. The third-order valence-electron chi connectivity index (χ3n) is 1.81. The van der Waals surface area contributed by atoms with E-state index in [1.54, 1.807) is 0 Å². The van der Waals surface area contributed by atoms with E-state index >= 15 is 0 Å². The van der Waals surface area contributed by atoms with Crippen LogP contribution in [0.1, 0.15) is 0 Å². The summed E-state index contributed by atoms with van der Waals surface area (Å²) in [5.74, 6) is -0.364. The third kappa shape index (κ3) is 1.98. The van der Waals surface area contributed by atoms with Crippen molar-refractivity contribution in [2.75, 3.05) is 33.4 Å². The smallest absolute Gasteiger partial charge is 0.353 e. The minimum atomic E-state index is -0.364. The van der Waals surface area contributed by atoms with Gasteiger partial charge in [0.15, 0.2) is 0 Å². The van der Waals surface area contributed by atoms with Gasteiger partial charge in [-0.2, -0.15) is 0 Å². The molecule has 12 heavy (non-hydrogen) atoms. The van der Waals surface area contributed by atoms with Crippen LogP contribution in [0.4, 0.5) is 0 Å². The summed E-state index contributed by atoms with van der Waals surface area (Å²) in [5, 5.41) is 0. The Balaban J connectivity index is 2.45. The molecule has 0 spiro atoms. The molecular weight excluding hydrogens is 158 g/mol. The van der Waals surface area contributed by atoms with Gasteiger partial charge in [-0.3, -0.25) is 0 Å². The molecule has 0 radical (unpaired) electrons. The number of hydrogen-bond acceptors (Lipinski definition) is 4. The molecule has 1 aliphatic rings. The Morgan fingerprint density at radius 1 is 1.50 bits per heavy atom. The molecular formula is C8H13NO3. The Kier molecular flexibility index (Phi) is 3.10. The lowest BCUT2D eigenvalue weighted by molar-refractivity contribution is -0.138. The van der Waals surface area contributed by atoms with Crippen molar-refractivity contribution in [3.8, 4) is 0 Å². The Bertz CT molecular complexity index is 185. The van der Waals surface area contributed by atoms with Crippen molar-refractivity contribution < 1.29 is 14.3 Å². The molecule has 1 fully saturated rings. The Morgan fingerprint density at radius 2 is 2.08 bits per heavy atom. The number of nitrogens with zero attached hydrogens (tertiary/aromatic N) is 1. The maximum atomic E-state index is 11.0. The number of rotatable bonds is 2. The lowest BCUT2D eigenvalue weighted by atomic mass is 10.3. The zero-order chi connectivity index (χ0) is 8.97. The molecule has 0 aromatic carbocycles. The number of esters is 1. The van der Waals surface area contributed by atoms with Crippen molar-refractivity contribution in [3.05, 3.63) is 12.3 Å². The van der Waals surface area contributed by atoms with Crippen LogP contribution < -0.4 is 0 Å². The van der Waals surface area contributed by atoms with E-state index in [9.17, 15) is 4.79 Å². The molecule has 0 atom stereocenters. The van der Waals surface area contributed by atoms with Gasteiger partial charge < -0.3 is 14.4 Å². The van der Waals surface area contributed by atoms with Crippen molar-refractivity contribution in [1.82, 2.24) is 4.90 Å². The van der Waals surface area contributed by atoms with E-state index in [4.69, 9.17) is 4.74 Å². The van der Waals surface area contributed by atoms with E-state index < -0.39 is 0 Å². The first-order valence-electron chi connectivity index (χ1n) is 3.85. The molecule has 0 saturated carbocycles. The topological polar surface area (TPSA) is 38.8 Å². The van der Waals surface area contributed by atoms with E-state index in [0.29, 0.717) is 32.0 Å². The van der Waals surface area contributed by atoms with E-state index in [1.165, 1.54) is 7.11 Å². The Labute approximate surface area is 71.7 Å². The number of carbonyl (C=O) groups is 1. The van der Waals surface area contributed by atoms with Gasteiger partial charge in [0.1, 0.15) is 5.70 Å². The van der Waals surface area contributed by atoms with Crippen LogP contribution in [-0.2, 0) is 14.3 Å². The second kappa shape index (κ2) is 4.11. The summed E-state index contributed by atoms with van der Waals surface area (Å²) in [5.41, 5.74) is 0.417. The highest BCUT2D eigenvalue weighted by Gasteiger charge is 2.17. The zero-order valence-corrected chi connectivity index (χ0v) is 7.21. The minimum Gasteiger partial charge on any atom is -0.464 e. The Morgan fingerprint density at radius 3 is 2.58 bits per heavy atom. The van der Waals surface area contributed by atoms with E-state index in [-0.39, 0.29) is 5.97 Å². The monoisotopic (exact) mass is 171 g/mol. The molecule has 0 aromatic heterocycles. The van der Waals surface area contributed by atoms with Crippen molar-refractivity contribution in [2.24, 2.45) is 0 Å². The fraction of sp³-hybridized carbons (Fsp3) is 0.625. The van der Waals surface area contributed by atoms with E-state index in [1.807, 2.05) is 4.90 Å². The molecule has 1 saturated heterocycles. The second-order valence-corrected chi connectivity index (χ2v) is 2.54. The van der Waals surface area contributed by atoms with Crippen LogP contribution in [0.2, 0.25) is 0 Å². The molecule has 0 aromatic rings. The van der Waals surface area contributed by atoms with Crippen molar-refractivity contribution in [2.45, 2.75) is 0 Å². The number of hydrogen-bond donors (Lipinski definition) is 0. The predicted molar refractivity (Wildman–Crippen MR) is 43.5 cm³/mol. The molecule has 0 unspecified atom stereocenters. The van der Waals surface area contributed by atoms with Gasteiger partial charge >= 0.3 is 5.97 Å². The average Bonchev–Trinajstić information content (AvgIpc) is 2.17. The first-order valence-corrected chi connectivity index (χ1v) is 3.85. The normalized spacial score (nSPS) is 17.2. The van der Waals surface area contributed by atoms with Gasteiger partial charge in [0.05, 0.1) is 20.3 Å². The van der Waals surface area contributed by atoms with Gasteiger partial charge in [-0.15, -0.1) is 0 Å². The predicted octanol–water partition coefficient (Wildman–Crippen LogP) is 0.00530.